The van der Waals surface area contributed by atoms with Gasteiger partial charge in [0.05, 0.1) is 5.56 Å². The van der Waals surface area contributed by atoms with Crippen molar-refractivity contribution >= 4 is 32.9 Å². The Morgan fingerprint density at radius 1 is 1.03 bits per heavy atom. The Kier molecular flexibility index (Phi) is 4.83. The normalized spacial score (nSPS) is 14.5. The molecule has 0 bridgehead atoms. The number of fused-ring (bicyclic) bond motifs is 2. The van der Waals surface area contributed by atoms with E-state index in [1.165, 1.54) is 12.1 Å². The van der Waals surface area contributed by atoms with E-state index >= 15 is 0 Å². The number of hydrogen-bond acceptors (Lipinski definition) is 5. The van der Waals surface area contributed by atoms with Crippen molar-refractivity contribution in [2.75, 3.05) is 0 Å². The van der Waals surface area contributed by atoms with E-state index in [1.807, 2.05) is 42.1 Å². The molecule has 0 spiro atoms. The minimum Gasteiger partial charge on any atom is -0.452 e. The summed E-state index contributed by atoms with van der Waals surface area (Å²) in [4.78, 5) is 12.8. The Labute approximate surface area is 189 Å². The number of aromatic nitrogens is 1. The summed E-state index contributed by atoms with van der Waals surface area (Å²) in [6, 6.07) is 15.0. The number of ether oxygens (including phenoxy) is 1. The number of hydrogen-bond donors (Lipinski definition) is 0. The Morgan fingerprint density at radius 2 is 1.76 bits per heavy atom. The van der Waals surface area contributed by atoms with E-state index in [0.29, 0.717) is 11.1 Å². The number of ketones is 1. The van der Waals surface area contributed by atoms with Crippen molar-refractivity contribution in [3.63, 3.8) is 0 Å². The third-order valence-corrected chi connectivity index (χ3v) is 6.80. The molecule has 0 atom stereocenters. The van der Waals surface area contributed by atoms with Crippen molar-refractivity contribution in [3.05, 3.63) is 95.1 Å². The number of benzene rings is 3. The number of carbonyl (C=O) groups is 1. The average molecular weight is 463 g/mol. The first-order chi connectivity index (χ1) is 15.7. The maximum atomic E-state index is 13.1. The van der Waals surface area contributed by atoms with Gasteiger partial charge in [-0.1, -0.05) is 18.2 Å². The van der Waals surface area contributed by atoms with E-state index in [4.69, 9.17) is 8.92 Å². The molecular formula is C25H18FNO5S. The molecule has 2 heterocycles. The van der Waals surface area contributed by atoms with Gasteiger partial charge in [-0.2, -0.15) is 8.42 Å². The molecular weight excluding hydrogens is 445 g/mol. The molecule has 3 aromatic carbocycles. The predicted octanol–water partition coefficient (Wildman–Crippen LogP) is 5.01. The maximum Gasteiger partial charge on any atom is 0.339 e. The Balaban J connectivity index is 1.49. The molecule has 1 aliphatic rings. The molecule has 0 aliphatic carbocycles. The molecule has 0 unspecified atom stereocenters. The number of aryl methyl sites for hydroxylation is 1. The molecule has 0 saturated heterocycles. The minimum atomic E-state index is -4.19. The minimum absolute atomic E-state index is 0.0253. The second kappa shape index (κ2) is 7.60. The van der Waals surface area contributed by atoms with Gasteiger partial charge in [-0.05, 0) is 55.5 Å². The fourth-order valence-corrected chi connectivity index (χ4v) is 4.84. The van der Waals surface area contributed by atoms with Crippen LogP contribution in [0.3, 0.4) is 0 Å². The van der Waals surface area contributed by atoms with Crippen LogP contribution in [-0.2, 0) is 17.2 Å². The number of rotatable bonds is 4. The Morgan fingerprint density at radius 3 is 2.52 bits per heavy atom. The van der Waals surface area contributed by atoms with Gasteiger partial charge in [-0.25, -0.2) is 4.39 Å². The third-order valence-electron chi connectivity index (χ3n) is 5.55. The van der Waals surface area contributed by atoms with Crippen LogP contribution in [0.5, 0.6) is 11.5 Å². The summed E-state index contributed by atoms with van der Waals surface area (Å²) < 4.78 is 51.4. The predicted molar refractivity (Wildman–Crippen MR) is 121 cm³/mol. The number of carbonyl (C=O) groups excluding carboxylic acids is 1. The summed E-state index contributed by atoms with van der Waals surface area (Å²) in [6.45, 7) is 1.61. The molecule has 4 aromatic rings. The van der Waals surface area contributed by atoms with E-state index in [0.717, 1.165) is 40.7 Å². The van der Waals surface area contributed by atoms with Crippen LogP contribution in [0.4, 0.5) is 4.39 Å². The van der Waals surface area contributed by atoms with Crippen LogP contribution in [0.15, 0.2) is 77.5 Å². The van der Waals surface area contributed by atoms with Crippen LogP contribution in [0.2, 0.25) is 0 Å². The largest absolute Gasteiger partial charge is 0.452 e. The first-order valence-corrected chi connectivity index (χ1v) is 11.5. The molecule has 166 valence electrons. The van der Waals surface area contributed by atoms with Gasteiger partial charge in [-0.3, -0.25) is 4.79 Å². The smallest absolute Gasteiger partial charge is 0.339 e. The number of nitrogens with zero attached hydrogens (tertiary/aromatic N) is 1. The average Bonchev–Trinajstić information content (AvgIpc) is 3.28. The molecule has 0 amide bonds. The van der Waals surface area contributed by atoms with Crippen molar-refractivity contribution in [2.24, 2.45) is 7.05 Å². The Hall–Kier alpha value is -3.91. The van der Waals surface area contributed by atoms with Crippen LogP contribution in [-0.4, -0.2) is 18.8 Å². The zero-order valence-corrected chi connectivity index (χ0v) is 18.5. The second-order valence-electron chi connectivity index (χ2n) is 7.71. The lowest BCUT2D eigenvalue weighted by Crippen LogP contribution is -2.10. The number of allylic oxidation sites excluding steroid dienone is 1. The van der Waals surface area contributed by atoms with Crippen molar-refractivity contribution < 1.29 is 26.5 Å². The molecule has 0 radical (unpaired) electrons. The lowest BCUT2D eigenvalue weighted by molar-refractivity contribution is 0.101. The number of para-hydroxylation sites is 1. The van der Waals surface area contributed by atoms with Crippen molar-refractivity contribution in [2.45, 2.75) is 11.8 Å². The number of halogens is 1. The van der Waals surface area contributed by atoms with Crippen LogP contribution < -0.4 is 8.92 Å². The zero-order chi connectivity index (χ0) is 23.3. The zero-order valence-electron chi connectivity index (χ0n) is 17.7. The summed E-state index contributed by atoms with van der Waals surface area (Å²) in [5.41, 5.74) is 2.54. The second-order valence-corrected chi connectivity index (χ2v) is 9.26. The maximum absolute atomic E-state index is 13.1. The SMILES string of the molecule is Cc1c(OS(=O)(=O)c2ccc(F)cc2)ccc2c1O/C(=C/c1cn(C)c3ccccc13)C2=O. The lowest BCUT2D eigenvalue weighted by Gasteiger charge is -2.11. The summed E-state index contributed by atoms with van der Waals surface area (Å²) in [7, 11) is -2.27. The fourth-order valence-electron chi connectivity index (χ4n) is 3.86. The highest BCUT2D eigenvalue weighted by molar-refractivity contribution is 7.87. The molecule has 8 heteroatoms. The van der Waals surface area contributed by atoms with E-state index < -0.39 is 15.9 Å². The molecule has 5 rings (SSSR count). The fraction of sp³-hybridized carbons (Fsp3) is 0.0800. The van der Waals surface area contributed by atoms with E-state index in [-0.39, 0.29) is 27.9 Å². The van der Waals surface area contributed by atoms with Crippen LogP contribution >= 0.6 is 0 Å². The molecule has 0 N–H and O–H groups in total. The molecule has 33 heavy (non-hydrogen) atoms. The summed E-state index contributed by atoms with van der Waals surface area (Å²) in [5.74, 6) is -0.437. The van der Waals surface area contributed by atoms with Crippen molar-refractivity contribution in [1.29, 1.82) is 0 Å². The monoisotopic (exact) mass is 463 g/mol. The molecule has 6 nitrogen and oxygen atoms in total. The van der Waals surface area contributed by atoms with Gasteiger partial charge in [0.25, 0.3) is 0 Å². The standard InChI is InChI=1S/C25H18FNO5S/c1-15-22(32-33(29,30)18-9-7-17(26)8-10-18)12-11-20-24(28)23(31-25(15)20)13-16-14-27(2)21-6-4-3-5-19(16)21/h3-14H,1-2H3/b23-13+. The summed E-state index contributed by atoms with van der Waals surface area (Å²) in [5, 5.41) is 0.978. The van der Waals surface area contributed by atoms with Gasteiger partial charge in [0.15, 0.2) is 5.76 Å². The first-order valence-electron chi connectivity index (χ1n) is 10.1. The van der Waals surface area contributed by atoms with E-state index in [2.05, 4.69) is 0 Å². The van der Waals surface area contributed by atoms with Gasteiger partial charge in [0, 0.05) is 35.3 Å². The van der Waals surface area contributed by atoms with E-state index in [9.17, 15) is 17.6 Å². The van der Waals surface area contributed by atoms with Gasteiger partial charge in [0.2, 0.25) is 5.78 Å². The highest BCUT2D eigenvalue weighted by Gasteiger charge is 2.31. The van der Waals surface area contributed by atoms with Crippen LogP contribution in [0.1, 0.15) is 21.5 Å². The molecule has 1 aliphatic heterocycles. The lowest BCUT2D eigenvalue weighted by atomic mass is 10.1. The van der Waals surface area contributed by atoms with Gasteiger partial charge in [-0.15, -0.1) is 0 Å². The first kappa shape index (κ1) is 21.0. The summed E-state index contributed by atoms with van der Waals surface area (Å²) >= 11 is 0. The van der Waals surface area contributed by atoms with E-state index in [1.54, 1.807) is 13.0 Å². The molecule has 0 fully saturated rings. The highest BCUT2D eigenvalue weighted by Crippen LogP contribution is 2.40. The number of Topliss-reactive ketones (excluding diaryl/α,β-unsaturated/α-hetero) is 1. The molecule has 0 saturated carbocycles. The van der Waals surface area contributed by atoms with Crippen LogP contribution in [0, 0.1) is 12.7 Å². The van der Waals surface area contributed by atoms with Gasteiger partial charge >= 0.3 is 10.1 Å². The topological polar surface area (TPSA) is 74.6 Å². The van der Waals surface area contributed by atoms with Crippen molar-refractivity contribution in [3.8, 4) is 11.5 Å². The molecule has 1 aromatic heterocycles. The van der Waals surface area contributed by atoms with Crippen LogP contribution in [0.25, 0.3) is 17.0 Å². The quantitative estimate of drug-likeness (QED) is 0.314. The van der Waals surface area contributed by atoms with Crippen molar-refractivity contribution in [1.82, 2.24) is 4.57 Å². The van der Waals surface area contributed by atoms with Gasteiger partial charge < -0.3 is 13.5 Å². The van der Waals surface area contributed by atoms with Gasteiger partial charge in [0.1, 0.15) is 22.2 Å². The highest BCUT2D eigenvalue weighted by atomic mass is 32.2. The third kappa shape index (κ3) is 3.58. The summed E-state index contributed by atoms with van der Waals surface area (Å²) in [6.07, 6.45) is 3.59. The Bertz CT molecular complexity index is 1570.